The molecule has 29 heavy (non-hydrogen) atoms. The van der Waals surface area contributed by atoms with Crippen LogP contribution in [0.15, 0.2) is 29.3 Å². The molecule has 0 aliphatic carbocycles. The molecule has 0 bridgehead atoms. The number of pyridine rings is 1. The SMILES string of the molecule is CCOC(=O)[C@H](C)N1C(=O)S/C(=C\c2cc(C)n(-c3cc(C)ccn3)c2C)C1=O. The molecule has 3 rings (SSSR count). The third kappa shape index (κ3) is 3.98. The summed E-state index contributed by atoms with van der Waals surface area (Å²) >= 11 is 0.828. The Morgan fingerprint density at radius 3 is 2.66 bits per heavy atom. The van der Waals surface area contributed by atoms with Gasteiger partial charge in [0.2, 0.25) is 0 Å². The van der Waals surface area contributed by atoms with Gasteiger partial charge in [-0.05, 0) is 81.8 Å². The Morgan fingerprint density at radius 2 is 2.00 bits per heavy atom. The maximum Gasteiger partial charge on any atom is 0.329 e. The van der Waals surface area contributed by atoms with Crippen molar-refractivity contribution in [3.8, 4) is 5.82 Å². The van der Waals surface area contributed by atoms with Crippen LogP contribution in [0.4, 0.5) is 4.79 Å². The lowest BCUT2D eigenvalue weighted by Crippen LogP contribution is -2.42. The van der Waals surface area contributed by atoms with E-state index in [1.165, 1.54) is 6.92 Å². The average molecular weight is 413 g/mol. The molecule has 2 aromatic rings. The second kappa shape index (κ2) is 8.24. The van der Waals surface area contributed by atoms with Crippen molar-refractivity contribution < 1.29 is 19.1 Å². The molecule has 2 amide bonds. The molecule has 0 saturated carbocycles. The molecule has 1 aliphatic rings. The quantitative estimate of drug-likeness (QED) is 0.548. The molecule has 0 radical (unpaired) electrons. The highest BCUT2D eigenvalue weighted by atomic mass is 32.2. The van der Waals surface area contributed by atoms with E-state index >= 15 is 0 Å². The molecular weight excluding hydrogens is 390 g/mol. The Labute approximate surface area is 173 Å². The number of imide groups is 1. The minimum atomic E-state index is -0.961. The smallest absolute Gasteiger partial charge is 0.329 e. The van der Waals surface area contributed by atoms with Crippen molar-refractivity contribution in [3.63, 3.8) is 0 Å². The fraction of sp³-hybridized carbons (Fsp3) is 0.333. The monoisotopic (exact) mass is 413 g/mol. The Kier molecular flexibility index (Phi) is 5.93. The molecule has 0 spiro atoms. The van der Waals surface area contributed by atoms with Gasteiger partial charge in [-0.15, -0.1) is 0 Å². The maximum absolute atomic E-state index is 12.8. The van der Waals surface area contributed by atoms with Gasteiger partial charge in [0.1, 0.15) is 11.9 Å². The van der Waals surface area contributed by atoms with Crippen LogP contribution >= 0.6 is 11.8 Å². The molecule has 7 nitrogen and oxygen atoms in total. The molecule has 1 saturated heterocycles. The zero-order chi connectivity index (χ0) is 21.3. The summed E-state index contributed by atoms with van der Waals surface area (Å²) in [5.41, 5.74) is 3.79. The van der Waals surface area contributed by atoms with E-state index in [4.69, 9.17) is 4.74 Å². The minimum Gasteiger partial charge on any atom is -0.464 e. The van der Waals surface area contributed by atoms with Crippen LogP contribution < -0.4 is 0 Å². The number of amides is 2. The van der Waals surface area contributed by atoms with E-state index in [0.29, 0.717) is 0 Å². The number of nitrogens with zero attached hydrogens (tertiary/aromatic N) is 3. The maximum atomic E-state index is 12.8. The first kappa shape index (κ1) is 20.9. The molecule has 1 aliphatic heterocycles. The summed E-state index contributed by atoms with van der Waals surface area (Å²) in [4.78, 5) is 42.8. The number of ether oxygens (including phenoxy) is 1. The number of carbonyl (C=O) groups excluding carboxylic acids is 3. The van der Waals surface area contributed by atoms with Crippen molar-refractivity contribution in [3.05, 3.63) is 51.8 Å². The van der Waals surface area contributed by atoms with E-state index in [1.807, 2.05) is 43.5 Å². The molecule has 3 heterocycles. The van der Waals surface area contributed by atoms with Crippen molar-refractivity contribution in [2.24, 2.45) is 0 Å². The van der Waals surface area contributed by atoms with Gasteiger partial charge < -0.3 is 9.30 Å². The standard InChI is InChI=1S/C21H23N3O4S/c1-6-28-20(26)15(5)24-19(25)17(29-21(24)27)11-16-10-13(3)23(14(16)4)18-9-12(2)7-8-22-18/h7-11,15H,6H2,1-5H3/b17-11-/t15-/m0/s1. The van der Waals surface area contributed by atoms with Gasteiger partial charge in [-0.1, -0.05) is 0 Å². The van der Waals surface area contributed by atoms with E-state index in [1.54, 1.807) is 19.2 Å². The number of esters is 1. The van der Waals surface area contributed by atoms with Gasteiger partial charge in [-0.2, -0.15) is 0 Å². The van der Waals surface area contributed by atoms with Crippen LogP contribution in [0.2, 0.25) is 0 Å². The Morgan fingerprint density at radius 1 is 1.28 bits per heavy atom. The Bertz CT molecular complexity index is 1020. The zero-order valence-electron chi connectivity index (χ0n) is 17.1. The van der Waals surface area contributed by atoms with Crippen LogP contribution in [0, 0.1) is 20.8 Å². The van der Waals surface area contributed by atoms with Gasteiger partial charge >= 0.3 is 5.97 Å². The summed E-state index contributed by atoms with van der Waals surface area (Å²) in [5.74, 6) is -0.289. The molecule has 8 heteroatoms. The Balaban J connectivity index is 1.93. The summed E-state index contributed by atoms with van der Waals surface area (Å²) in [5, 5.41) is -0.476. The van der Waals surface area contributed by atoms with E-state index in [2.05, 4.69) is 4.98 Å². The zero-order valence-corrected chi connectivity index (χ0v) is 17.9. The van der Waals surface area contributed by atoms with E-state index in [-0.39, 0.29) is 11.5 Å². The molecule has 1 atom stereocenters. The largest absolute Gasteiger partial charge is 0.464 e. The summed E-state index contributed by atoms with van der Waals surface area (Å²) in [6, 6.07) is 4.90. The second-order valence-electron chi connectivity index (χ2n) is 6.83. The van der Waals surface area contributed by atoms with Gasteiger partial charge in [-0.25, -0.2) is 9.78 Å². The molecule has 0 aromatic carbocycles. The van der Waals surface area contributed by atoms with Gasteiger partial charge in [-0.3, -0.25) is 14.5 Å². The van der Waals surface area contributed by atoms with Crippen LogP contribution in [-0.4, -0.2) is 44.2 Å². The van der Waals surface area contributed by atoms with Crippen molar-refractivity contribution in [1.82, 2.24) is 14.5 Å². The highest BCUT2D eigenvalue weighted by molar-refractivity contribution is 8.18. The van der Waals surface area contributed by atoms with Crippen molar-refractivity contribution in [1.29, 1.82) is 0 Å². The van der Waals surface area contributed by atoms with E-state index < -0.39 is 23.2 Å². The highest BCUT2D eigenvalue weighted by Gasteiger charge is 2.41. The molecule has 0 N–H and O–H groups in total. The van der Waals surface area contributed by atoms with Crippen LogP contribution in [0.25, 0.3) is 11.9 Å². The fourth-order valence-corrected chi connectivity index (χ4v) is 4.15. The predicted octanol–water partition coefficient (Wildman–Crippen LogP) is 3.79. The number of hydrogen-bond acceptors (Lipinski definition) is 6. The topological polar surface area (TPSA) is 81.5 Å². The van der Waals surface area contributed by atoms with Crippen LogP contribution in [0.1, 0.15) is 36.4 Å². The predicted molar refractivity (Wildman–Crippen MR) is 112 cm³/mol. The lowest BCUT2D eigenvalue weighted by molar-refractivity contribution is -0.150. The van der Waals surface area contributed by atoms with Crippen LogP contribution in [0.3, 0.4) is 0 Å². The van der Waals surface area contributed by atoms with Crippen molar-refractivity contribution in [2.45, 2.75) is 40.7 Å². The highest BCUT2D eigenvalue weighted by Crippen LogP contribution is 2.35. The van der Waals surface area contributed by atoms with Gasteiger partial charge in [0.05, 0.1) is 11.5 Å². The molecular formula is C21H23N3O4S. The second-order valence-corrected chi connectivity index (χ2v) is 7.83. The van der Waals surface area contributed by atoms with Crippen LogP contribution in [-0.2, 0) is 14.3 Å². The third-order valence-electron chi connectivity index (χ3n) is 4.73. The molecule has 152 valence electrons. The fourth-order valence-electron chi connectivity index (χ4n) is 3.25. The normalized spacial score (nSPS) is 16.6. The molecule has 0 unspecified atom stereocenters. The molecule has 1 fully saturated rings. The first-order valence-electron chi connectivity index (χ1n) is 9.30. The van der Waals surface area contributed by atoms with Crippen molar-refractivity contribution in [2.75, 3.05) is 6.61 Å². The summed E-state index contributed by atoms with van der Waals surface area (Å²) in [6.07, 6.45) is 3.45. The summed E-state index contributed by atoms with van der Waals surface area (Å²) < 4.78 is 6.94. The number of carbonyl (C=O) groups is 3. The van der Waals surface area contributed by atoms with Crippen molar-refractivity contribution >= 4 is 35.0 Å². The number of hydrogen-bond donors (Lipinski definition) is 0. The first-order valence-corrected chi connectivity index (χ1v) is 10.1. The van der Waals surface area contributed by atoms with Gasteiger partial charge in [0, 0.05) is 17.6 Å². The third-order valence-corrected chi connectivity index (χ3v) is 5.61. The number of aryl methyl sites for hydroxylation is 2. The van der Waals surface area contributed by atoms with Crippen LogP contribution in [0.5, 0.6) is 0 Å². The average Bonchev–Trinajstić information content (AvgIpc) is 3.09. The number of thioether (sulfide) groups is 1. The summed E-state index contributed by atoms with van der Waals surface area (Å²) in [7, 11) is 0. The lowest BCUT2D eigenvalue weighted by atomic mass is 10.2. The summed E-state index contributed by atoms with van der Waals surface area (Å²) in [6.45, 7) is 9.26. The van der Waals surface area contributed by atoms with E-state index in [0.717, 1.165) is 45.0 Å². The number of aromatic nitrogens is 2. The Hall–Kier alpha value is -2.87. The van der Waals surface area contributed by atoms with Gasteiger partial charge in [0.25, 0.3) is 11.1 Å². The lowest BCUT2D eigenvalue weighted by Gasteiger charge is -2.19. The first-order chi connectivity index (χ1) is 13.7. The van der Waals surface area contributed by atoms with Gasteiger partial charge in [0.15, 0.2) is 0 Å². The molecule has 2 aromatic heterocycles. The minimum absolute atomic E-state index is 0.189. The number of rotatable bonds is 5. The van der Waals surface area contributed by atoms with E-state index in [9.17, 15) is 14.4 Å².